The van der Waals surface area contributed by atoms with Crippen LogP contribution in [-0.2, 0) is 0 Å². The van der Waals surface area contributed by atoms with Gasteiger partial charge in [0.15, 0.2) is 0 Å². The van der Waals surface area contributed by atoms with E-state index in [0.29, 0.717) is 0 Å². The second-order valence-corrected chi connectivity index (χ2v) is 10.7. The van der Waals surface area contributed by atoms with Crippen molar-refractivity contribution in [1.29, 1.82) is 0 Å². The quantitative estimate of drug-likeness (QED) is 0.439. The molecule has 0 nitrogen and oxygen atoms in total. The number of rotatable bonds is 9. The van der Waals surface area contributed by atoms with E-state index in [1.165, 1.54) is 44.2 Å². The van der Waals surface area contributed by atoms with E-state index in [0.717, 1.165) is 0 Å². The number of hydrogen-bond acceptors (Lipinski definition) is 0. The minimum absolute atomic E-state index is 1.28. The number of hydrogen-bond donors (Lipinski definition) is 0. The van der Waals surface area contributed by atoms with Crippen LogP contribution in [0.2, 0.25) is 12.1 Å². The van der Waals surface area contributed by atoms with Crippen LogP contribution in [0, 0.1) is 0 Å². The molecule has 0 saturated heterocycles. The van der Waals surface area contributed by atoms with Crippen LogP contribution in [0.5, 0.6) is 0 Å². The Morgan fingerprint density at radius 2 is 1.14 bits per heavy atom. The smallest absolute Gasteiger partial charge is 0.0656 e. The van der Waals surface area contributed by atoms with Crippen LogP contribution in [0.3, 0.4) is 0 Å². The Morgan fingerprint density at radius 1 is 0.591 bits per heavy atom. The van der Waals surface area contributed by atoms with Crippen molar-refractivity contribution in [3.8, 4) is 0 Å². The van der Waals surface area contributed by atoms with Gasteiger partial charge in [0.1, 0.15) is 8.07 Å². The second kappa shape index (κ2) is 8.95. The SMILES string of the molecule is CCCCCC[Si](CCC)(c1ccccc1)c1ccccc1. The van der Waals surface area contributed by atoms with Crippen molar-refractivity contribution >= 4 is 18.4 Å². The summed E-state index contributed by atoms with van der Waals surface area (Å²) in [6.07, 6.45) is 6.74. The van der Waals surface area contributed by atoms with Gasteiger partial charge in [-0.05, 0) is 12.1 Å². The van der Waals surface area contributed by atoms with Gasteiger partial charge in [-0.3, -0.25) is 0 Å². The molecule has 2 rings (SSSR count). The molecule has 0 bridgehead atoms. The molecule has 0 atom stereocenters. The summed E-state index contributed by atoms with van der Waals surface area (Å²) in [4.78, 5) is 0. The third-order valence-electron chi connectivity index (χ3n) is 4.79. The average molecular weight is 311 g/mol. The van der Waals surface area contributed by atoms with E-state index in [4.69, 9.17) is 0 Å². The Kier molecular flexibility index (Phi) is 6.92. The highest BCUT2D eigenvalue weighted by Crippen LogP contribution is 2.22. The summed E-state index contributed by atoms with van der Waals surface area (Å²) in [6.45, 7) is 4.64. The molecule has 2 aromatic rings. The molecule has 0 aliphatic heterocycles. The maximum atomic E-state index is 2.38. The molecule has 0 spiro atoms. The maximum Gasteiger partial charge on any atom is 0.118 e. The molecule has 0 aliphatic rings. The highest BCUT2D eigenvalue weighted by Gasteiger charge is 2.35. The lowest BCUT2D eigenvalue weighted by Gasteiger charge is -2.33. The Morgan fingerprint density at radius 3 is 1.59 bits per heavy atom. The fraction of sp³-hybridized carbons (Fsp3) is 0.429. The van der Waals surface area contributed by atoms with Gasteiger partial charge < -0.3 is 0 Å². The molecule has 0 unspecified atom stereocenters. The van der Waals surface area contributed by atoms with Gasteiger partial charge in [-0.15, -0.1) is 0 Å². The first-order valence-corrected chi connectivity index (χ1v) is 11.4. The molecule has 0 aromatic heterocycles. The number of unbranched alkanes of at least 4 members (excludes halogenated alkanes) is 3. The molecule has 0 fully saturated rings. The van der Waals surface area contributed by atoms with Gasteiger partial charge in [0.2, 0.25) is 0 Å². The summed E-state index contributed by atoms with van der Waals surface area (Å²) in [5.41, 5.74) is 0. The third-order valence-corrected chi connectivity index (χ3v) is 10.2. The Balaban J connectivity index is 2.36. The summed E-state index contributed by atoms with van der Waals surface area (Å²) >= 11 is 0. The molecule has 0 amide bonds. The van der Waals surface area contributed by atoms with Crippen LogP contribution >= 0.6 is 0 Å². The zero-order valence-electron chi connectivity index (χ0n) is 14.2. The van der Waals surface area contributed by atoms with E-state index in [1.54, 1.807) is 10.4 Å². The summed E-state index contributed by atoms with van der Waals surface area (Å²) in [5, 5.41) is 3.25. The van der Waals surface area contributed by atoms with Crippen LogP contribution < -0.4 is 10.4 Å². The lowest BCUT2D eigenvalue weighted by Crippen LogP contribution is -2.57. The fourth-order valence-electron chi connectivity index (χ4n) is 3.66. The standard InChI is InChI=1S/C21H30Si/c1-3-5-6-13-19-22(18-4-2,20-14-9-7-10-15-20)21-16-11-8-12-17-21/h7-12,14-17H,3-6,13,18-19H2,1-2H3. The number of benzene rings is 2. The van der Waals surface area contributed by atoms with E-state index in [9.17, 15) is 0 Å². The zero-order valence-corrected chi connectivity index (χ0v) is 15.2. The van der Waals surface area contributed by atoms with Gasteiger partial charge in [-0.2, -0.15) is 0 Å². The van der Waals surface area contributed by atoms with Crippen LogP contribution in [0.4, 0.5) is 0 Å². The second-order valence-electron chi connectivity index (χ2n) is 6.37. The predicted octanol–water partition coefficient (Wildman–Crippen LogP) is 5.24. The van der Waals surface area contributed by atoms with Crippen molar-refractivity contribution in [3.63, 3.8) is 0 Å². The van der Waals surface area contributed by atoms with E-state index >= 15 is 0 Å². The minimum atomic E-state index is -1.60. The highest BCUT2D eigenvalue weighted by atomic mass is 28.3. The molecule has 22 heavy (non-hydrogen) atoms. The summed E-state index contributed by atoms with van der Waals surface area (Å²) < 4.78 is 0. The molecule has 0 radical (unpaired) electrons. The molecule has 0 saturated carbocycles. The molecule has 118 valence electrons. The largest absolute Gasteiger partial charge is 0.118 e. The minimum Gasteiger partial charge on any atom is -0.0656 e. The lowest BCUT2D eigenvalue weighted by molar-refractivity contribution is 0.696. The lowest BCUT2D eigenvalue weighted by atomic mass is 10.2. The summed E-state index contributed by atoms with van der Waals surface area (Å²) in [7, 11) is -1.60. The van der Waals surface area contributed by atoms with Crippen molar-refractivity contribution in [2.45, 2.75) is 58.0 Å². The van der Waals surface area contributed by atoms with Gasteiger partial charge in [0.25, 0.3) is 0 Å². The topological polar surface area (TPSA) is 0 Å². The third kappa shape index (κ3) is 4.10. The summed E-state index contributed by atoms with van der Waals surface area (Å²) in [5.74, 6) is 0. The van der Waals surface area contributed by atoms with Gasteiger partial charge >= 0.3 is 0 Å². The van der Waals surface area contributed by atoms with Gasteiger partial charge in [-0.25, -0.2) is 0 Å². The normalized spacial score (nSPS) is 11.5. The van der Waals surface area contributed by atoms with E-state index in [1.807, 2.05) is 0 Å². The van der Waals surface area contributed by atoms with Crippen LogP contribution in [-0.4, -0.2) is 8.07 Å². The predicted molar refractivity (Wildman–Crippen MR) is 102 cm³/mol. The monoisotopic (exact) mass is 310 g/mol. The van der Waals surface area contributed by atoms with Crippen molar-refractivity contribution in [2.24, 2.45) is 0 Å². The van der Waals surface area contributed by atoms with E-state index in [-0.39, 0.29) is 0 Å². The molecule has 2 aromatic carbocycles. The van der Waals surface area contributed by atoms with Gasteiger partial charge in [0.05, 0.1) is 0 Å². The Labute approximate surface area is 137 Å². The van der Waals surface area contributed by atoms with Crippen molar-refractivity contribution < 1.29 is 0 Å². The Hall–Kier alpha value is -1.34. The first kappa shape index (κ1) is 17.0. The van der Waals surface area contributed by atoms with Crippen molar-refractivity contribution in [3.05, 3.63) is 60.7 Å². The fourth-order valence-corrected chi connectivity index (χ4v) is 8.77. The van der Waals surface area contributed by atoms with Crippen LogP contribution in [0.1, 0.15) is 46.0 Å². The van der Waals surface area contributed by atoms with Crippen molar-refractivity contribution in [2.75, 3.05) is 0 Å². The zero-order chi connectivity index (χ0) is 15.7. The van der Waals surface area contributed by atoms with Gasteiger partial charge in [-0.1, -0.05) is 117 Å². The van der Waals surface area contributed by atoms with Crippen molar-refractivity contribution in [1.82, 2.24) is 0 Å². The van der Waals surface area contributed by atoms with Gasteiger partial charge in [0, 0.05) is 0 Å². The average Bonchev–Trinajstić information content (AvgIpc) is 2.59. The highest BCUT2D eigenvalue weighted by molar-refractivity contribution is 7.02. The molecule has 0 aliphatic carbocycles. The molecule has 0 heterocycles. The first-order chi connectivity index (χ1) is 10.8. The first-order valence-electron chi connectivity index (χ1n) is 8.94. The van der Waals surface area contributed by atoms with Crippen LogP contribution in [0.25, 0.3) is 0 Å². The molecular weight excluding hydrogens is 280 g/mol. The summed E-state index contributed by atoms with van der Waals surface area (Å²) in [6, 6.07) is 25.5. The van der Waals surface area contributed by atoms with E-state index < -0.39 is 8.07 Å². The molecule has 1 heteroatoms. The molecular formula is C21H30Si. The Bertz CT molecular complexity index is 479. The van der Waals surface area contributed by atoms with Crippen LogP contribution in [0.15, 0.2) is 60.7 Å². The maximum absolute atomic E-state index is 2.38. The molecule has 0 N–H and O–H groups in total. The van der Waals surface area contributed by atoms with E-state index in [2.05, 4.69) is 74.5 Å².